The summed E-state index contributed by atoms with van der Waals surface area (Å²) in [4.78, 5) is 17.9. The lowest BCUT2D eigenvalue weighted by molar-refractivity contribution is -0.130. The fourth-order valence-electron chi connectivity index (χ4n) is 4.05. The van der Waals surface area contributed by atoms with E-state index in [-0.39, 0.29) is 11.8 Å². The van der Waals surface area contributed by atoms with Gasteiger partial charge < -0.3 is 4.74 Å². The number of ketones is 1. The first-order chi connectivity index (χ1) is 9.65. The summed E-state index contributed by atoms with van der Waals surface area (Å²) in [6, 6.07) is 0. The number of rotatable bonds is 2. The Labute approximate surface area is 120 Å². The Balaban J connectivity index is 2.07. The Morgan fingerprint density at radius 3 is 2.85 bits per heavy atom. The Bertz CT molecular complexity index is 480. The highest BCUT2D eigenvalue weighted by molar-refractivity contribution is 5.87. The zero-order valence-electron chi connectivity index (χ0n) is 12.5. The predicted octanol–water partition coefficient (Wildman–Crippen LogP) is 2.67. The molecule has 0 aromatic rings. The third-order valence-corrected chi connectivity index (χ3v) is 4.96. The highest BCUT2D eigenvalue weighted by atomic mass is 16.7. The quantitative estimate of drug-likeness (QED) is 0.778. The van der Waals surface area contributed by atoms with Crippen LogP contribution in [0.5, 0.6) is 0 Å². The van der Waals surface area contributed by atoms with Gasteiger partial charge in [-0.25, -0.2) is 0 Å². The molecule has 0 spiro atoms. The molecule has 2 aliphatic carbocycles. The molecule has 1 aliphatic heterocycles. The summed E-state index contributed by atoms with van der Waals surface area (Å²) >= 11 is 0. The van der Waals surface area contributed by atoms with Gasteiger partial charge in [0.15, 0.2) is 0 Å². The first-order valence-corrected chi connectivity index (χ1v) is 7.49. The number of methoxy groups -OCH3 is 1. The summed E-state index contributed by atoms with van der Waals surface area (Å²) < 4.78 is 5.57. The van der Waals surface area contributed by atoms with Crippen molar-refractivity contribution >= 4 is 5.78 Å². The Morgan fingerprint density at radius 1 is 1.35 bits per heavy atom. The van der Waals surface area contributed by atoms with Gasteiger partial charge in [-0.2, -0.15) is 0 Å². The molecule has 20 heavy (non-hydrogen) atoms. The smallest absolute Gasteiger partial charge is 0.142 e. The third-order valence-electron chi connectivity index (χ3n) is 4.96. The van der Waals surface area contributed by atoms with Crippen molar-refractivity contribution in [3.63, 3.8) is 0 Å². The van der Waals surface area contributed by atoms with Crippen LogP contribution in [0.3, 0.4) is 0 Å². The zero-order chi connectivity index (χ0) is 14.3. The minimum Gasteiger partial charge on any atom is -0.495 e. The van der Waals surface area contributed by atoms with Gasteiger partial charge in [-0.1, -0.05) is 6.92 Å². The van der Waals surface area contributed by atoms with Crippen LogP contribution in [-0.4, -0.2) is 31.6 Å². The van der Waals surface area contributed by atoms with Crippen LogP contribution in [0.1, 0.15) is 32.6 Å². The lowest BCUT2D eigenvalue weighted by Crippen LogP contribution is -2.39. The molecule has 0 bridgehead atoms. The number of nitrogens with zero attached hydrogens (tertiary/aromatic N) is 1. The van der Waals surface area contributed by atoms with Crippen molar-refractivity contribution < 1.29 is 14.4 Å². The van der Waals surface area contributed by atoms with Gasteiger partial charge in [-0.3, -0.25) is 14.7 Å². The molecular formula is C16H23NO3. The van der Waals surface area contributed by atoms with E-state index in [1.54, 1.807) is 14.2 Å². The van der Waals surface area contributed by atoms with E-state index in [0.717, 1.165) is 38.0 Å². The average molecular weight is 277 g/mol. The molecule has 3 aliphatic rings. The second-order valence-electron chi connectivity index (χ2n) is 6.09. The van der Waals surface area contributed by atoms with Gasteiger partial charge in [0, 0.05) is 17.8 Å². The van der Waals surface area contributed by atoms with Crippen LogP contribution in [-0.2, 0) is 14.4 Å². The molecule has 4 heteroatoms. The number of hydrogen-bond donors (Lipinski definition) is 0. The second-order valence-corrected chi connectivity index (χ2v) is 6.09. The number of hydrogen-bond acceptors (Lipinski definition) is 4. The molecule has 0 N–H and O–H groups in total. The lowest BCUT2D eigenvalue weighted by atomic mass is 9.65. The van der Waals surface area contributed by atoms with E-state index < -0.39 is 0 Å². The van der Waals surface area contributed by atoms with Crippen molar-refractivity contribution in [3.8, 4) is 0 Å². The summed E-state index contributed by atoms with van der Waals surface area (Å²) in [5, 5.41) is 1.85. The summed E-state index contributed by atoms with van der Waals surface area (Å²) in [7, 11) is 3.38. The maximum atomic E-state index is 12.5. The van der Waals surface area contributed by atoms with Gasteiger partial charge in [0.05, 0.1) is 27.0 Å². The summed E-state index contributed by atoms with van der Waals surface area (Å²) in [5.41, 5.74) is 2.60. The van der Waals surface area contributed by atoms with Crippen molar-refractivity contribution in [2.24, 2.45) is 17.8 Å². The van der Waals surface area contributed by atoms with E-state index in [0.29, 0.717) is 11.7 Å². The van der Waals surface area contributed by atoms with Crippen LogP contribution >= 0.6 is 0 Å². The molecule has 1 saturated carbocycles. The van der Waals surface area contributed by atoms with E-state index >= 15 is 0 Å². The van der Waals surface area contributed by atoms with Gasteiger partial charge in [0.25, 0.3) is 0 Å². The van der Waals surface area contributed by atoms with Gasteiger partial charge in [-0.05, 0) is 36.8 Å². The van der Waals surface area contributed by atoms with Gasteiger partial charge in [0.1, 0.15) is 11.5 Å². The average Bonchev–Trinajstić information content (AvgIpc) is 2.62. The molecule has 3 atom stereocenters. The molecule has 0 saturated heterocycles. The molecule has 0 aromatic heterocycles. The molecule has 3 rings (SSSR count). The molecule has 0 aromatic carbocycles. The van der Waals surface area contributed by atoms with Gasteiger partial charge >= 0.3 is 0 Å². The van der Waals surface area contributed by atoms with Crippen molar-refractivity contribution in [2.75, 3.05) is 20.8 Å². The topological polar surface area (TPSA) is 38.8 Å². The van der Waals surface area contributed by atoms with Crippen LogP contribution < -0.4 is 0 Å². The van der Waals surface area contributed by atoms with Crippen LogP contribution in [0.15, 0.2) is 23.1 Å². The minimum absolute atomic E-state index is 0.114. The number of ether oxygens (including phenoxy) is 1. The van der Waals surface area contributed by atoms with Gasteiger partial charge in [0.2, 0.25) is 0 Å². The predicted molar refractivity (Wildman–Crippen MR) is 75.5 cm³/mol. The number of carbonyl (C=O) groups excluding carboxylic acids is 1. The lowest BCUT2D eigenvalue weighted by Gasteiger charge is -2.39. The first kappa shape index (κ1) is 13.7. The molecule has 0 radical (unpaired) electrons. The molecular weight excluding hydrogens is 254 g/mol. The number of allylic oxidation sites excluding steroid dienone is 1. The highest BCUT2D eigenvalue weighted by Gasteiger charge is 2.43. The normalized spacial score (nSPS) is 33.5. The van der Waals surface area contributed by atoms with Crippen LogP contribution in [0.2, 0.25) is 0 Å². The SMILES string of the molecule is COC1=CN(OC)CC2CC(C)C(=O)C3CCCC1=C23. The number of carbonyl (C=O) groups is 1. The molecule has 4 nitrogen and oxygen atoms in total. The molecule has 0 amide bonds. The van der Waals surface area contributed by atoms with E-state index in [2.05, 4.69) is 6.92 Å². The number of Topliss-reactive ketones (excluding diaryl/α,β-unsaturated/α-hetero) is 1. The fourth-order valence-corrected chi connectivity index (χ4v) is 4.05. The van der Waals surface area contributed by atoms with E-state index in [1.165, 1.54) is 11.1 Å². The maximum absolute atomic E-state index is 12.5. The highest BCUT2D eigenvalue weighted by Crippen LogP contribution is 2.47. The molecule has 110 valence electrons. The largest absolute Gasteiger partial charge is 0.495 e. The van der Waals surface area contributed by atoms with E-state index in [9.17, 15) is 4.79 Å². The van der Waals surface area contributed by atoms with E-state index in [4.69, 9.17) is 9.57 Å². The zero-order valence-corrected chi connectivity index (χ0v) is 12.5. The Morgan fingerprint density at radius 2 is 2.15 bits per heavy atom. The standard InChI is InChI=1S/C16H23NO3/c1-10-7-11-8-17(20-3)9-14(19-2)12-5-4-6-13(15(11)12)16(10)18/h9-11,13H,4-8H2,1-3H3. The summed E-state index contributed by atoms with van der Waals surface area (Å²) in [6.07, 6.45) is 5.96. The first-order valence-electron chi connectivity index (χ1n) is 7.49. The fraction of sp³-hybridized carbons (Fsp3) is 0.688. The van der Waals surface area contributed by atoms with Crippen molar-refractivity contribution in [3.05, 3.63) is 23.1 Å². The number of hydroxylamine groups is 2. The van der Waals surface area contributed by atoms with Crippen molar-refractivity contribution in [2.45, 2.75) is 32.6 Å². The Kier molecular flexibility index (Phi) is 3.59. The Hall–Kier alpha value is -1.29. The van der Waals surface area contributed by atoms with Gasteiger partial charge in [-0.15, -0.1) is 0 Å². The molecule has 3 unspecified atom stereocenters. The van der Waals surface area contributed by atoms with Crippen LogP contribution in [0.4, 0.5) is 0 Å². The summed E-state index contributed by atoms with van der Waals surface area (Å²) in [6.45, 7) is 2.89. The minimum atomic E-state index is 0.114. The third kappa shape index (κ3) is 2.06. The van der Waals surface area contributed by atoms with Crippen molar-refractivity contribution in [1.82, 2.24) is 5.06 Å². The van der Waals surface area contributed by atoms with E-state index in [1.807, 2.05) is 11.3 Å². The molecule has 1 heterocycles. The monoisotopic (exact) mass is 277 g/mol. The van der Waals surface area contributed by atoms with Crippen LogP contribution in [0, 0.1) is 17.8 Å². The maximum Gasteiger partial charge on any atom is 0.142 e. The van der Waals surface area contributed by atoms with Crippen molar-refractivity contribution in [1.29, 1.82) is 0 Å². The molecule has 1 fully saturated rings. The second kappa shape index (κ2) is 5.24. The van der Waals surface area contributed by atoms with Crippen LogP contribution in [0.25, 0.3) is 0 Å². The summed E-state index contributed by atoms with van der Waals surface area (Å²) in [5.74, 6) is 1.98.